The van der Waals surface area contributed by atoms with Crippen LogP contribution >= 0.6 is 0 Å². The zero-order valence-corrected chi connectivity index (χ0v) is 20.1. The highest BCUT2D eigenvalue weighted by Crippen LogP contribution is 2.50. The van der Waals surface area contributed by atoms with Gasteiger partial charge in [-0.15, -0.1) is 0 Å². The summed E-state index contributed by atoms with van der Waals surface area (Å²) in [6, 6.07) is 47.8. The number of hydrogen-bond donors (Lipinski definition) is 0. The molecule has 172 valence electrons. The van der Waals surface area contributed by atoms with E-state index in [1.807, 2.05) is 0 Å². The maximum Gasteiger partial charge on any atom is 0.135 e. The third kappa shape index (κ3) is 3.04. The molecule has 0 unspecified atom stereocenters. The molecule has 0 aromatic heterocycles. The van der Waals surface area contributed by atoms with E-state index in [0.29, 0.717) is 0 Å². The van der Waals surface area contributed by atoms with E-state index in [-0.39, 0.29) is 0 Å². The summed E-state index contributed by atoms with van der Waals surface area (Å²) >= 11 is 0. The molecule has 7 aromatic rings. The number of benzene rings is 7. The quantitative estimate of drug-likeness (QED) is 0.228. The molecule has 37 heavy (non-hydrogen) atoms. The third-order valence-corrected chi connectivity index (χ3v) is 7.66. The summed E-state index contributed by atoms with van der Waals surface area (Å²) in [5.41, 5.74) is 7.20. The molecule has 0 saturated carbocycles. The van der Waals surface area contributed by atoms with Gasteiger partial charge in [-0.25, -0.2) is 0 Å². The first-order chi connectivity index (χ1) is 18.3. The first kappa shape index (κ1) is 20.3. The van der Waals surface area contributed by atoms with Crippen molar-refractivity contribution in [3.05, 3.63) is 133 Å². The fraction of sp³-hybridized carbons (Fsp3) is 0. The van der Waals surface area contributed by atoms with Crippen LogP contribution in [0, 0.1) is 0 Å². The van der Waals surface area contributed by atoms with Crippen molar-refractivity contribution in [1.29, 1.82) is 0 Å². The van der Waals surface area contributed by atoms with E-state index in [2.05, 4.69) is 133 Å². The van der Waals surface area contributed by atoms with Gasteiger partial charge in [0.2, 0.25) is 0 Å². The van der Waals surface area contributed by atoms with Crippen LogP contribution in [0.1, 0.15) is 0 Å². The summed E-state index contributed by atoms with van der Waals surface area (Å²) < 4.78 is 6.60. The highest BCUT2D eigenvalue weighted by Gasteiger charge is 2.22. The Balaban J connectivity index is 1.34. The van der Waals surface area contributed by atoms with Crippen molar-refractivity contribution in [3.8, 4) is 44.9 Å². The standard InChI is InChI=1S/C36H22O/c1-2-9-23(10-3-1)27-19-20-32-30-18-17-25(22-35(30)37-34-16-8-15-31(27)36(32)34)33-21-24-11-4-5-12-26(24)28-13-6-7-14-29(28)33/h1-22H. The van der Waals surface area contributed by atoms with E-state index in [0.717, 1.165) is 22.6 Å². The smallest absolute Gasteiger partial charge is 0.135 e. The largest absolute Gasteiger partial charge is 0.456 e. The van der Waals surface area contributed by atoms with Gasteiger partial charge >= 0.3 is 0 Å². The van der Waals surface area contributed by atoms with E-state index in [1.165, 1.54) is 54.6 Å². The van der Waals surface area contributed by atoms with Crippen LogP contribution in [0.15, 0.2) is 133 Å². The molecule has 0 spiro atoms. The number of ether oxygens (including phenoxy) is 1. The van der Waals surface area contributed by atoms with Crippen LogP contribution in [0.5, 0.6) is 11.5 Å². The van der Waals surface area contributed by atoms with Crippen LogP contribution in [0.25, 0.3) is 65.7 Å². The Morgan fingerprint density at radius 1 is 0.351 bits per heavy atom. The molecule has 1 heteroatoms. The Labute approximate surface area is 215 Å². The van der Waals surface area contributed by atoms with Crippen molar-refractivity contribution >= 4 is 32.3 Å². The summed E-state index contributed by atoms with van der Waals surface area (Å²) in [5.74, 6) is 1.82. The van der Waals surface area contributed by atoms with E-state index in [1.54, 1.807) is 0 Å². The molecule has 1 aliphatic rings. The molecule has 0 bridgehead atoms. The second-order valence-electron chi connectivity index (χ2n) is 9.71. The fourth-order valence-corrected chi connectivity index (χ4v) is 5.96. The molecular weight excluding hydrogens is 448 g/mol. The Morgan fingerprint density at radius 2 is 1.05 bits per heavy atom. The summed E-state index contributed by atoms with van der Waals surface area (Å²) in [6.45, 7) is 0. The minimum absolute atomic E-state index is 0.905. The topological polar surface area (TPSA) is 9.23 Å². The first-order valence-electron chi connectivity index (χ1n) is 12.7. The van der Waals surface area contributed by atoms with Crippen molar-refractivity contribution in [2.75, 3.05) is 0 Å². The minimum atomic E-state index is 0.905. The lowest BCUT2D eigenvalue weighted by Gasteiger charge is -2.23. The summed E-state index contributed by atoms with van der Waals surface area (Å²) in [6.07, 6.45) is 0. The number of hydrogen-bond acceptors (Lipinski definition) is 1. The van der Waals surface area contributed by atoms with Gasteiger partial charge in [0.1, 0.15) is 11.5 Å². The van der Waals surface area contributed by atoms with E-state index in [4.69, 9.17) is 4.74 Å². The minimum Gasteiger partial charge on any atom is -0.456 e. The van der Waals surface area contributed by atoms with Gasteiger partial charge in [-0.3, -0.25) is 0 Å². The number of fused-ring (bicyclic) bond motifs is 5. The first-order valence-corrected chi connectivity index (χ1v) is 12.7. The maximum absolute atomic E-state index is 6.60. The van der Waals surface area contributed by atoms with Crippen LogP contribution in [-0.4, -0.2) is 0 Å². The number of rotatable bonds is 2. The lowest BCUT2D eigenvalue weighted by molar-refractivity contribution is 0.487. The van der Waals surface area contributed by atoms with E-state index < -0.39 is 0 Å². The second kappa shape index (κ2) is 7.81. The monoisotopic (exact) mass is 470 g/mol. The summed E-state index contributed by atoms with van der Waals surface area (Å²) in [4.78, 5) is 0. The van der Waals surface area contributed by atoms with Gasteiger partial charge in [0, 0.05) is 10.9 Å². The van der Waals surface area contributed by atoms with Crippen LogP contribution in [0.2, 0.25) is 0 Å². The molecule has 1 heterocycles. The van der Waals surface area contributed by atoms with Crippen molar-refractivity contribution in [2.45, 2.75) is 0 Å². The molecule has 0 atom stereocenters. The van der Waals surface area contributed by atoms with Gasteiger partial charge in [-0.05, 0) is 79.0 Å². The summed E-state index contributed by atoms with van der Waals surface area (Å²) in [7, 11) is 0. The normalized spacial score (nSPS) is 12.0. The van der Waals surface area contributed by atoms with Gasteiger partial charge in [0.25, 0.3) is 0 Å². The Hall–Kier alpha value is -4.88. The molecule has 0 aliphatic carbocycles. The summed E-state index contributed by atoms with van der Waals surface area (Å²) in [5, 5.41) is 7.46. The van der Waals surface area contributed by atoms with Crippen LogP contribution < -0.4 is 4.74 Å². The van der Waals surface area contributed by atoms with Crippen molar-refractivity contribution in [2.24, 2.45) is 0 Å². The molecule has 0 saturated heterocycles. The molecule has 0 amide bonds. The maximum atomic E-state index is 6.60. The Bertz CT molecular complexity index is 2000. The second-order valence-corrected chi connectivity index (χ2v) is 9.71. The Kier molecular flexibility index (Phi) is 4.29. The van der Waals surface area contributed by atoms with Gasteiger partial charge in [0.05, 0.1) is 0 Å². The van der Waals surface area contributed by atoms with Crippen molar-refractivity contribution in [3.63, 3.8) is 0 Å². The van der Waals surface area contributed by atoms with E-state index >= 15 is 0 Å². The van der Waals surface area contributed by atoms with Crippen molar-refractivity contribution < 1.29 is 4.74 Å². The molecule has 0 N–H and O–H groups in total. The third-order valence-electron chi connectivity index (χ3n) is 7.66. The molecular formula is C36H22O. The predicted molar refractivity (Wildman–Crippen MR) is 155 cm³/mol. The lowest BCUT2D eigenvalue weighted by atomic mass is 9.88. The molecule has 0 fully saturated rings. The van der Waals surface area contributed by atoms with E-state index in [9.17, 15) is 0 Å². The zero-order valence-electron chi connectivity index (χ0n) is 20.1. The van der Waals surface area contributed by atoms with Crippen molar-refractivity contribution in [1.82, 2.24) is 0 Å². The fourth-order valence-electron chi connectivity index (χ4n) is 5.96. The highest BCUT2D eigenvalue weighted by molar-refractivity contribution is 6.14. The highest BCUT2D eigenvalue weighted by atomic mass is 16.5. The SMILES string of the molecule is c1ccc(-c2ccc3c4c(cccc24)Oc2cc(-c4cc5ccccc5c5ccccc45)ccc2-3)cc1. The molecule has 1 aliphatic heterocycles. The molecule has 8 rings (SSSR count). The Morgan fingerprint density at radius 3 is 1.95 bits per heavy atom. The van der Waals surface area contributed by atoms with Gasteiger partial charge < -0.3 is 4.74 Å². The van der Waals surface area contributed by atoms with Crippen LogP contribution in [0.4, 0.5) is 0 Å². The lowest BCUT2D eigenvalue weighted by Crippen LogP contribution is -1.98. The molecule has 7 aromatic carbocycles. The van der Waals surface area contributed by atoms with Crippen LogP contribution in [-0.2, 0) is 0 Å². The molecule has 1 nitrogen and oxygen atoms in total. The average molecular weight is 471 g/mol. The molecule has 0 radical (unpaired) electrons. The zero-order chi connectivity index (χ0) is 24.3. The average Bonchev–Trinajstić information content (AvgIpc) is 2.97. The van der Waals surface area contributed by atoms with Crippen LogP contribution in [0.3, 0.4) is 0 Å². The van der Waals surface area contributed by atoms with Gasteiger partial charge in [-0.1, -0.05) is 109 Å². The predicted octanol–water partition coefficient (Wildman–Crippen LogP) is 10.3. The van der Waals surface area contributed by atoms with Gasteiger partial charge in [-0.2, -0.15) is 0 Å². The van der Waals surface area contributed by atoms with Gasteiger partial charge in [0.15, 0.2) is 0 Å².